The summed E-state index contributed by atoms with van der Waals surface area (Å²) in [5, 5.41) is 12.4. The Morgan fingerprint density at radius 1 is 0.182 bits per heavy atom. The third-order valence-corrected chi connectivity index (χ3v) is 19.1. The van der Waals surface area contributed by atoms with Gasteiger partial charge >= 0.3 is 0 Å². The molecular formula is C86H64N2. The van der Waals surface area contributed by atoms with E-state index in [1.165, 1.54) is 110 Å². The van der Waals surface area contributed by atoms with Crippen LogP contribution >= 0.6 is 0 Å². The fraction of sp³-hybridized carbons (Fsp3) is 0.0698. The fourth-order valence-electron chi connectivity index (χ4n) is 14.5. The Bertz CT molecular complexity index is 4640. The van der Waals surface area contributed by atoms with Crippen molar-refractivity contribution in [3.8, 4) is 44.5 Å². The highest BCUT2D eigenvalue weighted by Crippen LogP contribution is 2.58. The van der Waals surface area contributed by atoms with Gasteiger partial charge in [0, 0.05) is 55.1 Å². The van der Waals surface area contributed by atoms with Crippen LogP contribution in [-0.2, 0) is 10.8 Å². The lowest BCUT2D eigenvalue weighted by atomic mass is 9.59. The fourth-order valence-corrected chi connectivity index (χ4v) is 14.5. The molecule has 0 N–H and O–H groups in total. The normalized spacial score (nSPS) is 13.2. The first-order valence-electron chi connectivity index (χ1n) is 30.8. The molecule has 0 aliphatic heterocycles. The average Bonchev–Trinajstić information content (AvgIpc) is 0.706. The molecule has 0 aromatic heterocycles. The lowest BCUT2D eigenvalue weighted by Gasteiger charge is -2.45. The molecule has 2 heteroatoms. The summed E-state index contributed by atoms with van der Waals surface area (Å²) in [5.41, 5.74) is 20.5. The van der Waals surface area contributed by atoms with Gasteiger partial charge in [0.15, 0.2) is 0 Å². The van der Waals surface area contributed by atoms with E-state index >= 15 is 0 Å². The molecule has 2 nitrogen and oxygen atoms in total. The van der Waals surface area contributed by atoms with Gasteiger partial charge in [0.25, 0.3) is 0 Å². The number of rotatable bonds is 10. The number of nitrogens with zero attached hydrogens (tertiary/aromatic N) is 2. The number of fused-ring (bicyclic) bond motifs is 10. The van der Waals surface area contributed by atoms with Crippen LogP contribution in [-0.4, -0.2) is 0 Å². The maximum absolute atomic E-state index is 2.61. The molecule has 0 amide bonds. The second kappa shape index (κ2) is 21.0. The molecule has 15 aromatic rings. The van der Waals surface area contributed by atoms with E-state index in [1.54, 1.807) is 0 Å². The van der Waals surface area contributed by atoms with Crippen LogP contribution in [0.3, 0.4) is 0 Å². The van der Waals surface area contributed by atoms with Crippen molar-refractivity contribution in [3.05, 3.63) is 338 Å². The van der Waals surface area contributed by atoms with Crippen LogP contribution in [0.1, 0.15) is 49.9 Å². The van der Waals surface area contributed by atoms with Crippen LogP contribution in [0.25, 0.3) is 98.4 Å². The lowest BCUT2D eigenvalue weighted by molar-refractivity contribution is 0.523. The molecule has 0 unspecified atom stereocenters. The molecule has 418 valence electrons. The maximum atomic E-state index is 2.61. The Hall–Kier alpha value is -10.8. The molecule has 0 fully saturated rings. The average molecular weight is 1130 g/mol. The Morgan fingerprint density at radius 2 is 0.375 bits per heavy atom. The summed E-state index contributed by atoms with van der Waals surface area (Å²) in [5.74, 6) is 0. The first-order chi connectivity index (χ1) is 43.2. The van der Waals surface area contributed by atoms with Gasteiger partial charge in [-0.3, -0.25) is 0 Å². The Labute approximate surface area is 515 Å². The molecule has 0 spiro atoms. The third kappa shape index (κ3) is 8.70. The van der Waals surface area contributed by atoms with E-state index in [1.807, 2.05) is 0 Å². The summed E-state index contributed by atoms with van der Waals surface area (Å²) in [6, 6.07) is 117. The van der Waals surface area contributed by atoms with Crippen LogP contribution in [0.15, 0.2) is 315 Å². The zero-order valence-corrected chi connectivity index (χ0v) is 49.9. The van der Waals surface area contributed by atoms with Gasteiger partial charge in [0.2, 0.25) is 0 Å². The predicted molar refractivity (Wildman–Crippen MR) is 376 cm³/mol. The molecule has 0 saturated carbocycles. The van der Waals surface area contributed by atoms with Gasteiger partial charge in [-0.2, -0.15) is 0 Å². The zero-order valence-electron chi connectivity index (χ0n) is 49.9. The van der Waals surface area contributed by atoms with E-state index in [-0.39, 0.29) is 0 Å². The molecular weight excluding hydrogens is 1060 g/mol. The maximum Gasteiger partial charge on any atom is 0.0620 e. The molecule has 1 aliphatic carbocycles. The highest BCUT2D eigenvalue weighted by molar-refractivity contribution is 6.26. The molecule has 88 heavy (non-hydrogen) atoms. The van der Waals surface area contributed by atoms with E-state index in [2.05, 4.69) is 353 Å². The van der Waals surface area contributed by atoms with Gasteiger partial charge in [-0.15, -0.1) is 0 Å². The highest BCUT2D eigenvalue weighted by atomic mass is 15.2. The van der Waals surface area contributed by atoms with E-state index in [0.29, 0.717) is 0 Å². The highest BCUT2D eigenvalue weighted by Gasteiger charge is 2.43. The van der Waals surface area contributed by atoms with Crippen molar-refractivity contribution in [1.29, 1.82) is 0 Å². The van der Waals surface area contributed by atoms with Gasteiger partial charge in [0.05, 0.1) is 11.4 Å². The molecule has 0 atom stereocenters. The molecule has 0 heterocycles. The monoisotopic (exact) mass is 1120 g/mol. The lowest BCUT2D eigenvalue weighted by Crippen LogP contribution is -2.36. The third-order valence-electron chi connectivity index (χ3n) is 19.1. The van der Waals surface area contributed by atoms with E-state index in [0.717, 1.165) is 44.9 Å². The second-order valence-electron chi connectivity index (χ2n) is 24.8. The van der Waals surface area contributed by atoms with Crippen molar-refractivity contribution in [2.75, 3.05) is 9.80 Å². The standard InChI is InChI=1S/C86H64N2/c1-85(2)79-53-75-71-33-19-17-31-69(71)70-32-18-20-34-72(70)76(75)54-80(79)86(3,4)82-56-78-77(55-81(82)85)83(87(65-45-37-61(38-46-65)57-23-9-5-10-24-57)66-47-39-62(40-48-66)58-25-11-6-12-26-58)73-35-21-22-36-74(73)84(78)88(67-49-41-63(42-50-67)59-27-13-7-14-28-59)68-51-43-64(44-52-68)60-29-15-8-16-30-60/h5-56H,1-4H3. The van der Waals surface area contributed by atoms with Crippen LogP contribution in [0.4, 0.5) is 34.1 Å². The molecule has 1 aliphatic rings. The number of hydrogen-bond acceptors (Lipinski definition) is 2. The molecule has 0 saturated heterocycles. The van der Waals surface area contributed by atoms with Crippen molar-refractivity contribution in [2.24, 2.45) is 0 Å². The topological polar surface area (TPSA) is 6.48 Å². The van der Waals surface area contributed by atoms with Crippen molar-refractivity contribution < 1.29 is 0 Å². The minimum Gasteiger partial charge on any atom is -0.309 e. The SMILES string of the molecule is CC1(C)c2cc3c(N(c4ccc(-c5ccccc5)cc4)c4ccc(-c5ccccc5)cc4)c4ccccc4c(N(c4ccc(-c5ccccc5)cc4)c4ccc(-c5ccccc5)cc4)c3cc2C(C)(C)c2cc3c4ccccc4c4ccccc4c3cc21. The predicted octanol–water partition coefficient (Wildman–Crippen LogP) is 24.0. The second-order valence-corrected chi connectivity index (χ2v) is 24.8. The molecule has 0 bridgehead atoms. The summed E-state index contributed by atoms with van der Waals surface area (Å²) in [6.07, 6.45) is 0. The van der Waals surface area contributed by atoms with E-state index in [9.17, 15) is 0 Å². The summed E-state index contributed by atoms with van der Waals surface area (Å²) in [7, 11) is 0. The summed E-state index contributed by atoms with van der Waals surface area (Å²) >= 11 is 0. The summed E-state index contributed by atoms with van der Waals surface area (Å²) in [6.45, 7) is 9.89. The van der Waals surface area contributed by atoms with Crippen LogP contribution in [0, 0.1) is 0 Å². The number of benzene rings is 15. The Morgan fingerprint density at radius 3 is 0.625 bits per heavy atom. The smallest absolute Gasteiger partial charge is 0.0620 e. The zero-order chi connectivity index (χ0) is 59.1. The van der Waals surface area contributed by atoms with Crippen molar-refractivity contribution in [2.45, 2.75) is 38.5 Å². The quantitative estimate of drug-likeness (QED) is 0.0765. The minimum absolute atomic E-state index is 0.419. The Kier molecular flexibility index (Phi) is 12.6. The van der Waals surface area contributed by atoms with Gasteiger partial charge in [-0.25, -0.2) is 0 Å². The summed E-state index contributed by atoms with van der Waals surface area (Å²) < 4.78 is 0. The Balaban J connectivity index is 1.02. The van der Waals surface area contributed by atoms with Crippen LogP contribution in [0.5, 0.6) is 0 Å². The van der Waals surface area contributed by atoms with Crippen molar-refractivity contribution in [1.82, 2.24) is 0 Å². The van der Waals surface area contributed by atoms with E-state index < -0.39 is 10.8 Å². The van der Waals surface area contributed by atoms with Crippen LogP contribution in [0.2, 0.25) is 0 Å². The van der Waals surface area contributed by atoms with Crippen molar-refractivity contribution >= 4 is 88.0 Å². The minimum atomic E-state index is -0.419. The summed E-state index contributed by atoms with van der Waals surface area (Å²) in [4.78, 5) is 5.08. The van der Waals surface area contributed by atoms with Crippen LogP contribution < -0.4 is 9.80 Å². The van der Waals surface area contributed by atoms with Crippen molar-refractivity contribution in [3.63, 3.8) is 0 Å². The number of anilines is 6. The first kappa shape index (κ1) is 52.7. The van der Waals surface area contributed by atoms with Gasteiger partial charge in [0.1, 0.15) is 0 Å². The van der Waals surface area contributed by atoms with Gasteiger partial charge in [-0.1, -0.05) is 270 Å². The largest absolute Gasteiger partial charge is 0.309 e. The molecule has 0 radical (unpaired) electrons. The number of hydrogen-bond donors (Lipinski definition) is 0. The first-order valence-corrected chi connectivity index (χ1v) is 30.8. The van der Waals surface area contributed by atoms with Gasteiger partial charge in [-0.05, 0) is 172 Å². The van der Waals surface area contributed by atoms with Gasteiger partial charge < -0.3 is 9.80 Å². The van der Waals surface area contributed by atoms with E-state index in [4.69, 9.17) is 0 Å². The molecule has 16 rings (SSSR count). The molecule has 15 aromatic carbocycles.